The van der Waals surface area contributed by atoms with E-state index < -0.39 is 11.6 Å². The number of carbonyl (C=O) groups is 3. The van der Waals surface area contributed by atoms with E-state index in [0.29, 0.717) is 44.9 Å². The number of hydrogen-bond acceptors (Lipinski definition) is 5. The number of nitrogens with zero attached hydrogens (tertiary/aromatic N) is 2. The normalized spacial score (nSPS) is 25.6. The number of piperidine rings is 1. The Morgan fingerprint density at radius 2 is 1.96 bits per heavy atom. The summed E-state index contributed by atoms with van der Waals surface area (Å²) in [7, 11) is 0. The van der Waals surface area contributed by atoms with E-state index in [9.17, 15) is 14.4 Å². The van der Waals surface area contributed by atoms with Crippen LogP contribution in [0.4, 0.5) is 4.79 Å². The molecular formula is C18H30N4O4. The van der Waals surface area contributed by atoms with Crippen molar-refractivity contribution in [2.45, 2.75) is 51.2 Å². The van der Waals surface area contributed by atoms with Crippen LogP contribution in [0, 0.1) is 5.92 Å². The molecule has 3 saturated heterocycles. The molecule has 3 rings (SSSR count). The molecular weight excluding hydrogens is 336 g/mol. The van der Waals surface area contributed by atoms with Crippen LogP contribution in [0.15, 0.2) is 0 Å². The number of carbonyl (C=O) groups excluding carboxylic acids is 3. The third-order valence-electron chi connectivity index (χ3n) is 5.93. The van der Waals surface area contributed by atoms with E-state index in [1.807, 2.05) is 4.90 Å². The van der Waals surface area contributed by atoms with Gasteiger partial charge >= 0.3 is 6.09 Å². The zero-order valence-electron chi connectivity index (χ0n) is 15.8. The van der Waals surface area contributed by atoms with Gasteiger partial charge in [0.05, 0.1) is 13.1 Å². The van der Waals surface area contributed by atoms with Crippen molar-refractivity contribution in [1.82, 2.24) is 20.4 Å². The molecule has 3 heterocycles. The molecule has 0 bridgehead atoms. The monoisotopic (exact) mass is 366 g/mol. The lowest BCUT2D eigenvalue weighted by molar-refractivity contribution is -0.140. The molecule has 1 atom stereocenters. The summed E-state index contributed by atoms with van der Waals surface area (Å²) in [4.78, 5) is 40.0. The van der Waals surface area contributed by atoms with Crippen LogP contribution in [0.3, 0.4) is 0 Å². The van der Waals surface area contributed by atoms with Crippen molar-refractivity contribution < 1.29 is 19.1 Å². The Kier molecular flexibility index (Phi) is 5.70. The zero-order chi connectivity index (χ0) is 18.7. The fraction of sp³-hybridized carbons (Fsp3) is 0.833. The number of nitrogens with one attached hydrogen (secondary N) is 2. The van der Waals surface area contributed by atoms with Gasteiger partial charge < -0.3 is 25.2 Å². The van der Waals surface area contributed by atoms with Gasteiger partial charge in [-0.25, -0.2) is 4.79 Å². The van der Waals surface area contributed by atoms with Crippen molar-refractivity contribution in [2.24, 2.45) is 5.92 Å². The Hall–Kier alpha value is -1.83. The lowest BCUT2D eigenvalue weighted by Crippen LogP contribution is -2.60. The Morgan fingerprint density at radius 1 is 1.27 bits per heavy atom. The first kappa shape index (κ1) is 18.9. The van der Waals surface area contributed by atoms with Crippen LogP contribution in [0.2, 0.25) is 0 Å². The van der Waals surface area contributed by atoms with Crippen LogP contribution < -0.4 is 10.6 Å². The van der Waals surface area contributed by atoms with Gasteiger partial charge in [-0.15, -0.1) is 0 Å². The van der Waals surface area contributed by atoms with E-state index in [-0.39, 0.29) is 24.5 Å². The molecule has 1 spiro atoms. The zero-order valence-corrected chi connectivity index (χ0v) is 15.8. The molecule has 0 aromatic carbocycles. The largest absolute Gasteiger partial charge is 0.441 e. The molecule has 0 aliphatic carbocycles. The van der Waals surface area contributed by atoms with Gasteiger partial charge in [0.15, 0.2) is 0 Å². The van der Waals surface area contributed by atoms with Crippen molar-refractivity contribution in [3.8, 4) is 0 Å². The van der Waals surface area contributed by atoms with Crippen molar-refractivity contribution in [2.75, 3.05) is 39.3 Å². The summed E-state index contributed by atoms with van der Waals surface area (Å²) in [6, 6.07) is -0.497. The van der Waals surface area contributed by atoms with Crippen molar-refractivity contribution in [3.63, 3.8) is 0 Å². The molecule has 3 aliphatic heterocycles. The molecule has 1 unspecified atom stereocenters. The van der Waals surface area contributed by atoms with Crippen LogP contribution in [0.5, 0.6) is 0 Å². The van der Waals surface area contributed by atoms with Gasteiger partial charge in [-0.05, 0) is 5.92 Å². The number of hydrogen-bond donors (Lipinski definition) is 2. The number of piperazine rings is 1. The highest BCUT2D eigenvalue weighted by atomic mass is 16.6. The van der Waals surface area contributed by atoms with E-state index in [0.717, 1.165) is 19.4 Å². The Morgan fingerprint density at radius 3 is 2.58 bits per heavy atom. The number of rotatable bonds is 5. The molecule has 26 heavy (non-hydrogen) atoms. The van der Waals surface area contributed by atoms with Crippen molar-refractivity contribution in [1.29, 1.82) is 0 Å². The lowest BCUT2D eigenvalue weighted by Gasteiger charge is -2.39. The summed E-state index contributed by atoms with van der Waals surface area (Å²) in [5, 5.41) is 5.70. The topological polar surface area (TPSA) is 91.0 Å². The van der Waals surface area contributed by atoms with Crippen LogP contribution in [0.25, 0.3) is 0 Å². The summed E-state index contributed by atoms with van der Waals surface area (Å²) >= 11 is 0. The van der Waals surface area contributed by atoms with Crippen LogP contribution >= 0.6 is 0 Å². The molecule has 3 aliphatic rings. The first-order chi connectivity index (χ1) is 12.5. The van der Waals surface area contributed by atoms with E-state index in [1.165, 1.54) is 0 Å². The van der Waals surface area contributed by atoms with E-state index in [1.54, 1.807) is 4.90 Å². The van der Waals surface area contributed by atoms with E-state index >= 15 is 0 Å². The van der Waals surface area contributed by atoms with Gasteiger partial charge in [0.25, 0.3) is 0 Å². The predicted molar refractivity (Wildman–Crippen MR) is 95.5 cm³/mol. The highest BCUT2D eigenvalue weighted by Crippen LogP contribution is 2.34. The van der Waals surface area contributed by atoms with Crippen LogP contribution in [0.1, 0.15) is 39.5 Å². The predicted octanol–water partition coefficient (Wildman–Crippen LogP) is 0.324. The van der Waals surface area contributed by atoms with Gasteiger partial charge in [0, 0.05) is 39.0 Å². The average Bonchev–Trinajstić information content (AvgIpc) is 2.94. The Bertz CT molecular complexity index is 555. The van der Waals surface area contributed by atoms with Gasteiger partial charge in [-0.1, -0.05) is 26.7 Å². The maximum absolute atomic E-state index is 12.6. The highest BCUT2D eigenvalue weighted by Gasteiger charge is 2.48. The number of ether oxygens (including phenoxy) is 1. The molecule has 3 amide bonds. The molecule has 0 radical (unpaired) electrons. The minimum atomic E-state index is -0.497. The fourth-order valence-corrected chi connectivity index (χ4v) is 4.08. The van der Waals surface area contributed by atoms with Gasteiger partial charge in [0.1, 0.15) is 11.6 Å². The second kappa shape index (κ2) is 7.82. The van der Waals surface area contributed by atoms with E-state index in [2.05, 4.69) is 24.5 Å². The molecule has 8 nitrogen and oxygen atoms in total. The van der Waals surface area contributed by atoms with Gasteiger partial charge in [-0.3, -0.25) is 9.59 Å². The first-order valence-electron chi connectivity index (χ1n) is 9.73. The molecule has 2 N–H and O–H groups in total. The molecule has 8 heteroatoms. The Balaban J connectivity index is 1.54. The van der Waals surface area contributed by atoms with Crippen LogP contribution in [-0.2, 0) is 14.3 Å². The maximum atomic E-state index is 12.6. The summed E-state index contributed by atoms with van der Waals surface area (Å²) in [6.07, 6.45) is 3.18. The highest BCUT2D eigenvalue weighted by molar-refractivity contribution is 5.89. The van der Waals surface area contributed by atoms with E-state index in [4.69, 9.17) is 4.74 Å². The summed E-state index contributed by atoms with van der Waals surface area (Å²) in [6.45, 7) is 7.49. The minimum absolute atomic E-state index is 0.0568. The fourth-order valence-electron chi connectivity index (χ4n) is 4.08. The van der Waals surface area contributed by atoms with Crippen molar-refractivity contribution >= 4 is 17.9 Å². The summed E-state index contributed by atoms with van der Waals surface area (Å²) in [5.41, 5.74) is -0.464. The number of likely N-dealkylation sites (tertiary alicyclic amines) is 1. The molecule has 146 valence electrons. The molecule has 3 fully saturated rings. The number of amides is 3. The Labute approximate surface area is 154 Å². The third-order valence-corrected chi connectivity index (χ3v) is 5.93. The standard InChI is InChI=1S/C18H30N4O4/c1-3-13(4-2)11-22-12-18(26-17(22)25)5-7-21(8-6-18)16(24)14-9-19-10-15(23)20-14/h13-14,19H,3-12H2,1-2H3,(H,20,23). The molecule has 0 aromatic rings. The minimum Gasteiger partial charge on any atom is -0.441 e. The first-order valence-corrected chi connectivity index (χ1v) is 9.73. The average molecular weight is 366 g/mol. The van der Waals surface area contributed by atoms with Crippen molar-refractivity contribution in [3.05, 3.63) is 0 Å². The molecule has 0 aromatic heterocycles. The SMILES string of the molecule is CCC(CC)CN1CC2(CCN(C(=O)C3CNCC(=O)N3)CC2)OC1=O. The smallest absolute Gasteiger partial charge is 0.410 e. The second-order valence-corrected chi connectivity index (χ2v) is 7.69. The second-order valence-electron chi connectivity index (χ2n) is 7.69. The summed E-state index contributed by atoms with van der Waals surface area (Å²) < 4.78 is 5.75. The van der Waals surface area contributed by atoms with Crippen LogP contribution in [-0.4, -0.2) is 78.6 Å². The quantitative estimate of drug-likeness (QED) is 0.731. The van der Waals surface area contributed by atoms with Gasteiger partial charge in [0.2, 0.25) is 11.8 Å². The van der Waals surface area contributed by atoms with Gasteiger partial charge in [-0.2, -0.15) is 0 Å². The lowest BCUT2D eigenvalue weighted by atomic mass is 9.90. The molecule has 0 saturated carbocycles. The summed E-state index contributed by atoms with van der Waals surface area (Å²) in [5.74, 6) is 0.297. The maximum Gasteiger partial charge on any atom is 0.410 e. The third kappa shape index (κ3) is 3.95.